The summed E-state index contributed by atoms with van der Waals surface area (Å²) in [5.74, 6) is 1.28. The van der Waals surface area contributed by atoms with Crippen molar-refractivity contribution in [3.8, 4) is 0 Å². The van der Waals surface area contributed by atoms with E-state index in [1.165, 1.54) is 31.3 Å². The lowest BCUT2D eigenvalue weighted by molar-refractivity contribution is 0.0945. The van der Waals surface area contributed by atoms with Gasteiger partial charge in [0.1, 0.15) is 17.3 Å². The molecule has 1 fully saturated rings. The number of hydrogen-bond acceptors (Lipinski definition) is 4. The summed E-state index contributed by atoms with van der Waals surface area (Å²) in [4.78, 5) is 20.7. The molecule has 0 aromatic carbocycles. The van der Waals surface area contributed by atoms with Gasteiger partial charge in [-0.25, -0.2) is 9.97 Å². The first-order chi connectivity index (χ1) is 10.7. The summed E-state index contributed by atoms with van der Waals surface area (Å²) >= 11 is 0. The van der Waals surface area contributed by atoms with Gasteiger partial charge in [-0.15, -0.1) is 0 Å². The lowest BCUT2D eigenvalue weighted by atomic mass is 9.97. The van der Waals surface area contributed by atoms with Crippen LogP contribution in [0.15, 0.2) is 17.7 Å². The smallest absolute Gasteiger partial charge is 0.270 e. The Hall–Kier alpha value is -1.91. The van der Waals surface area contributed by atoms with E-state index in [-0.39, 0.29) is 5.91 Å². The molecule has 0 spiro atoms. The molecular formula is C17H24N4O. The lowest BCUT2D eigenvalue weighted by Crippen LogP contribution is -2.26. The third-order valence-electron chi connectivity index (χ3n) is 4.12. The van der Waals surface area contributed by atoms with Gasteiger partial charge in [0.15, 0.2) is 0 Å². The van der Waals surface area contributed by atoms with E-state index in [0.717, 1.165) is 31.6 Å². The maximum absolute atomic E-state index is 12.1. The van der Waals surface area contributed by atoms with Crippen LogP contribution in [-0.4, -0.2) is 28.5 Å². The molecule has 2 N–H and O–H groups in total. The van der Waals surface area contributed by atoms with E-state index in [2.05, 4.69) is 26.7 Å². The third-order valence-corrected chi connectivity index (χ3v) is 4.12. The molecule has 1 aromatic heterocycles. The van der Waals surface area contributed by atoms with Crippen LogP contribution in [0.1, 0.15) is 61.3 Å². The zero-order chi connectivity index (χ0) is 15.4. The van der Waals surface area contributed by atoms with Crippen molar-refractivity contribution in [2.75, 3.05) is 11.9 Å². The number of hydrogen-bond donors (Lipinski definition) is 2. The standard InChI is InChI=1S/C17H24N4O/c1-12-19-15(17(22)21-14-7-8-14)11-16(20-12)18-10-9-13-5-3-2-4-6-13/h5,11,14H,2-4,6-10H2,1H3,(H,21,22)(H,18,19,20). The lowest BCUT2D eigenvalue weighted by Gasteiger charge is -2.13. The predicted molar refractivity (Wildman–Crippen MR) is 86.9 cm³/mol. The van der Waals surface area contributed by atoms with Gasteiger partial charge in [-0.3, -0.25) is 4.79 Å². The Morgan fingerprint density at radius 3 is 2.91 bits per heavy atom. The summed E-state index contributed by atoms with van der Waals surface area (Å²) in [6.07, 6.45) is 10.6. The normalized spacial score (nSPS) is 17.8. The van der Waals surface area contributed by atoms with E-state index in [1.807, 2.05) is 6.92 Å². The highest BCUT2D eigenvalue weighted by Gasteiger charge is 2.24. The molecule has 1 amide bonds. The van der Waals surface area contributed by atoms with E-state index >= 15 is 0 Å². The van der Waals surface area contributed by atoms with Gasteiger partial charge in [-0.1, -0.05) is 11.6 Å². The van der Waals surface area contributed by atoms with E-state index in [4.69, 9.17) is 0 Å². The fourth-order valence-electron chi connectivity index (χ4n) is 2.74. The van der Waals surface area contributed by atoms with Gasteiger partial charge >= 0.3 is 0 Å². The van der Waals surface area contributed by atoms with E-state index < -0.39 is 0 Å². The molecule has 0 saturated heterocycles. The number of allylic oxidation sites excluding steroid dienone is 1. The molecule has 2 aliphatic rings. The summed E-state index contributed by atoms with van der Waals surface area (Å²) in [6.45, 7) is 2.68. The molecule has 2 aliphatic carbocycles. The Balaban J connectivity index is 1.56. The highest BCUT2D eigenvalue weighted by Crippen LogP contribution is 2.21. The minimum Gasteiger partial charge on any atom is -0.370 e. The van der Waals surface area contributed by atoms with Crippen LogP contribution >= 0.6 is 0 Å². The molecule has 0 bridgehead atoms. The Morgan fingerprint density at radius 1 is 1.32 bits per heavy atom. The molecule has 1 heterocycles. The Morgan fingerprint density at radius 2 is 2.18 bits per heavy atom. The Kier molecular flexibility index (Phi) is 4.71. The molecular weight excluding hydrogens is 276 g/mol. The number of nitrogens with zero attached hydrogens (tertiary/aromatic N) is 2. The van der Waals surface area contributed by atoms with Crippen LogP contribution in [-0.2, 0) is 0 Å². The average molecular weight is 300 g/mol. The van der Waals surface area contributed by atoms with Crippen LogP contribution < -0.4 is 10.6 Å². The number of aryl methyl sites for hydroxylation is 1. The number of carbonyl (C=O) groups excluding carboxylic acids is 1. The second-order valence-electron chi connectivity index (χ2n) is 6.22. The maximum Gasteiger partial charge on any atom is 0.270 e. The summed E-state index contributed by atoms with van der Waals surface area (Å²) in [5, 5.41) is 6.29. The van der Waals surface area contributed by atoms with Crippen LogP contribution in [0.5, 0.6) is 0 Å². The molecule has 3 rings (SSSR count). The van der Waals surface area contributed by atoms with Gasteiger partial charge < -0.3 is 10.6 Å². The number of nitrogens with one attached hydrogen (secondary N) is 2. The molecule has 0 radical (unpaired) electrons. The van der Waals surface area contributed by atoms with Crippen LogP contribution in [0, 0.1) is 6.92 Å². The fraction of sp³-hybridized carbons (Fsp3) is 0.588. The van der Waals surface area contributed by atoms with Crippen molar-refractivity contribution >= 4 is 11.7 Å². The minimum absolute atomic E-state index is 0.0916. The van der Waals surface area contributed by atoms with Gasteiger partial charge in [-0.05, 0) is 51.9 Å². The predicted octanol–water partition coefficient (Wildman–Crippen LogP) is 2.98. The number of anilines is 1. The highest BCUT2D eigenvalue weighted by atomic mass is 16.2. The quantitative estimate of drug-likeness (QED) is 0.793. The second kappa shape index (κ2) is 6.90. The summed E-state index contributed by atoms with van der Waals surface area (Å²) in [6, 6.07) is 2.09. The first-order valence-corrected chi connectivity index (χ1v) is 8.29. The van der Waals surface area contributed by atoms with Crippen molar-refractivity contribution in [2.24, 2.45) is 0 Å². The fourth-order valence-corrected chi connectivity index (χ4v) is 2.74. The molecule has 118 valence electrons. The van der Waals surface area contributed by atoms with Crippen LogP contribution in [0.25, 0.3) is 0 Å². The van der Waals surface area contributed by atoms with Crippen molar-refractivity contribution in [1.29, 1.82) is 0 Å². The molecule has 1 aromatic rings. The average Bonchev–Trinajstić information content (AvgIpc) is 3.32. The van der Waals surface area contributed by atoms with Gasteiger partial charge in [-0.2, -0.15) is 0 Å². The Bertz CT molecular complexity index is 578. The van der Waals surface area contributed by atoms with Crippen molar-refractivity contribution in [3.63, 3.8) is 0 Å². The van der Waals surface area contributed by atoms with Crippen molar-refractivity contribution in [2.45, 2.75) is 57.9 Å². The van der Waals surface area contributed by atoms with Crippen LogP contribution in [0.3, 0.4) is 0 Å². The van der Waals surface area contributed by atoms with Crippen LogP contribution in [0.2, 0.25) is 0 Å². The zero-order valence-corrected chi connectivity index (χ0v) is 13.2. The van der Waals surface area contributed by atoms with E-state index in [1.54, 1.807) is 6.07 Å². The van der Waals surface area contributed by atoms with Crippen LogP contribution in [0.4, 0.5) is 5.82 Å². The van der Waals surface area contributed by atoms with Gasteiger partial charge in [0.05, 0.1) is 0 Å². The third kappa shape index (κ3) is 4.29. The Labute approximate surface area is 131 Å². The largest absolute Gasteiger partial charge is 0.370 e. The summed E-state index contributed by atoms with van der Waals surface area (Å²) in [5.41, 5.74) is 2.00. The molecule has 0 aliphatic heterocycles. The zero-order valence-electron chi connectivity index (χ0n) is 13.2. The monoisotopic (exact) mass is 300 g/mol. The molecule has 1 saturated carbocycles. The number of carbonyl (C=O) groups is 1. The molecule has 0 unspecified atom stereocenters. The molecule has 22 heavy (non-hydrogen) atoms. The van der Waals surface area contributed by atoms with Crippen molar-refractivity contribution in [1.82, 2.24) is 15.3 Å². The molecule has 5 heteroatoms. The van der Waals surface area contributed by atoms with E-state index in [9.17, 15) is 4.79 Å². The number of aromatic nitrogens is 2. The highest BCUT2D eigenvalue weighted by molar-refractivity contribution is 5.93. The summed E-state index contributed by atoms with van der Waals surface area (Å²) < 4.78 is 0. The minimum atomic E-state index is -0.0916. The molecule has 5 nitrogen and oxygen atoms in total. The second-order valence-corrected chi connectivity index (χ2v) is 6.22. The summed E-state index contributed by atoms with van der Waals surface area (Å²) in [7, 11) is 0. The van der Waals surface area contributed by atoms with E-state index in [0.29, 0.717) is 17.6 Å². The maximum atomic E-state index is 12.1. The van der Waals surface area contributed by atoms with Crippen molar-refractivity contribution in [3.05, 3.63) is 29.2 Å². The van der Waals surface area contributed by atoms with Crippen molar-refractivity contribution < 1.29 is 4.79 Å². The number of rotatable bonds is 6. The first kappa shape index (κ1) is 15.0. The molecule has 0 atom stereocenters. The van der Waals surface area contributed by atoms with Gasteiger partial charge in [0.2, 0.25) is 0 Å². The first-order valence-electron chi connectivity index (χ1n) is 8.29. The topological polar surface area (TPSA) is 66.9 Å². The van der Waals surface area contributed by atoms with Gasteiger partial charge in [0, 0.05) is 18.7 Å². The van der Waals surface area contributed by atoms with Gasteiger partial charge in [0.25, 0.3) is 5.91 Å². The number of amides is 1. The SMILES string of the molecule is Cc1nc(NCCC2=CCCCC2)cc(C(=O)NC2CC2)n1.